The fourth-order valence-corrected chi connectivity index (χ4v) is 4.26. The molecule has 2 aromatic carbocycles. The van der Waals surface area contributed by atoms with Crippen molar-refractivity contribution < 1.29 is 14.3 Å². The standard InChI is InChI=1S/C23H20N4O4S/c28-21(6-3-9-27-14-24-17-5-2-1-4-16(17)22(27)29)26-23-25-18(13-32-23)15-7-8-19-20(12-15)31-11-10-30-19/h1-2,4-5,7-8,12-14H,3,6,9-11H2,(H,25,26,28). The summed E-state index contributed by atoms with van der Waals surface area (Å²) in [6.07, 6.45) is 2.33. The molecule has 0 unspecified atom stereocenters. The topological polar surface area (TPSA) is 95.3 Å². The summed E-state index contributed by atoms with van der Waals surface area (Å²) in [7, 11) is 0. The minimum atomic E-state index is -0.144. The molecule has 0 radical (unpaired) electrons. The van der Waals surface area contributed by atoms with E-state index in [1.165, 1.54) is 17.7 Å². The van der Waals surface area contributed by atoms with E-state index in [1.807, 2.05) is 41.8 Å². The van der Waals surface area contributed by atoms with Gasteiger partial charge in [-0.2, -0.15) is 0 Å². The minimum Gasteiger partial charge on any atom is -0.486 e. The van der Waals surface area contributed by atoms with Gasteiger partial charge in [-0.15, -0.1) is 11.3 Å². The van der Waals surface area contributed by atoms with Crippen LogP contribution in [-0.2, 0) is 11.3 Å². The molecule has 0 saturated heterocycles. The number of aromatic nitrogens is 3. The first-order chi connectivity index (χ1) is 15.7. The van der Waals surface area contributed by atoms with Crippen molar-refractivity contribution in [2.45, 2.75) is 19.4 Å². The van der Waals surface area contributed by atoms with Gasteiger partial charge in [-0.1, -0.05) is 12.1 Å². The molecule has 0 bridgehead atoms. The molecule has 5 rings (SSSR count). The second-order valence-electron chi connectivity index (χ2n) is 7.31. The molecular formula is C23H20N4O4S. The Morgan fingerprint density at radius 2 is 1.97 bits per heavy atom. The number of carbonyl (C=O) groups excluding carboxylic acids is 1. The summed E-state index contributed by atoms with van der Waals surface area (Å²) in [5.41, 5.74) is 2.23. The van der Waals surface area contributed by atoms with Crippen LogP contribution >= 0.6 is 11.3 Å². The van der Waals surface area contributed by atoms with Crippen LogP contribution in [-0.4, -0.2) is 33.7 Å². The van der Waals surface area contributed by atoms with Crippen molar-refractivity contribution in [3.63, 3.8) is 0 Å². The molecule has 0 atom stereocenters. The van der Waals surface area contributed by atoms with E-state index >= 15 is 0 Å². The SMILES string of the molecule is O=C(CCCn1cnc2ccccc2c1=O)Nc1nc(-c2ccc3c(c2)OCCO3)cs1. The first-order valence-electron chi connectivity index (χ1n) is 10.3. The highest BCUT2D eigenvalue weighted by Crippen LogP contribution is 2.35. The van der Waals surface area contributed by atoms with Crippen LogP contribution in [0, 0.1) is 0 Å². The van der Waals surface area contributed by atoms with Gasteiger partial charge < -0.3 is 14.8 Å². The van der Waals surface area contributed by atoms with E-state index in [4.69, 9.17) is 9.47 Å². The lowest BCUT2D eigenvalue weighted by atomic mass is 10.1. The van der Waals surface area contributed by atoms with Gasteiger partial charge in [0, 0.05) is 23.9 Å². The van der Waals surface area contributed by atoms with Crippen molar-refractivity contribution in [1.82, 2.24) is 14.5 Å². The van der Waals surface area contributed by atoms with Gasteiger partial charge in [0.25, 0.3) is 5.56 Å². The van der Waals surface area contributed by atoms with E-state index in [-0.39, 0.29) is 17.9 Å². The van der Waals surface area contributed by atoms with Gasteiger partial charge in [-0.05, 0) is 36.8 Å². The molecule has 0 spiro atoms. The molecule has 1 amide bonds. The number of benzene rings is 2. The third kappa shape index (κ3) is 4.19. The van der Waals surface area contributed by atoms with Gasteiger partial charge in [-0.3, -0.25) is 14.2 Å². The average molecular weight is 449 g/mol. The van der Waals surface area contributed by atoms with Crippen molar-refractivity contribution in [3.05, 3.63) is 64.5 Å². The Hall–Kier alpha value is -3.72. The number of fused-ring (bicyclic) bond motifs is 2. The van der Waals surface area contributed by atoms with E-state index < -0.39 is 0 Å². The Bertz CT molecular complexity index is 1350. The number of aryl methyl sites for hydroxylation is 1. The molecule has 0 saturated carbocycles. The van der Waals surface area contributed by atoms with Crippen molar-refractivity contribution in [2.24, 2.45) is 0 Å². The normalized spacial score (nSPS) is 12.6. The molecule has 1 N–H and O–H groups in total. The third-order valence-corrected chi connectivity index (χ3v) is 5.88. The molecule has 1 aliphatic rings. The number of nitrogens with one attached hydrogen (secondary N) is 1. The number of rotatable bonds is 6. The highest BCUT2D eigenvalue weighted by molar-refractivity contribution is 7.14. The maximum atomic E-state index is 12.5. The summed E-state index contributed by atoms with van der Waals surface area (Å²) in [5, 5.41) is 5.83. The summed E-state index contributed by atoms with van der Waals surface area (Å²) in [6, 6.07) is 12.9. The van der Waals surface area contributed by atoms with Crippen LogP contribution in [0.25, 0.3) is 22.2 Å². The van der Waals surface area contributed by atoms with Crippen molar-refractivity contribution in [1.29, 1.82) is 0 Å². The Labute approximate surface area is 187 Å². The lowest BCUT2D eigenvalue weighted by Gasteiger charge is -2.18. The quantitative estimate of drug-likeness (QED) is 0.483. The average Bonchev–Trinajstić information content (AvgIpc) is 3.29. The highest BCUT2D eigenvalue weighted by Gasteiger charge is 2.14. The molecule has 2 aromatic heterocycles. The van der Waals surface area contributed by atoms with Crippen LogP contribution < -0.4 is 20.3 Å². The van der Waals surface area contributed by atoms with Crippen LogP contribution in [0.2, 0.25) is 0 Å². The van der Waals surface area contributed by atoms with Crippen LogP contribution in [0.15, 0.2) is 59.0 Å². The van der Waals surface area contributed by atoms with Gasteiger partial charge in [0.1, 0.15) is 13.2 Å². The zero-order valence-corrected chi connectivity index (χ0v) is 17.9. The second-order valence-corrected chi connectivity index (χ2v) is 8.17. The molecular weight excluding hydrogens is 428 g/mol. The molecule has 0 aliphatic carbocycles. The van der Waals surface area contributed by atoms with E-state index in [2.05, 4.69) is 15.3 Å². The number of carbonyl (C=O) groups is 1. The van der Waals surface area contributed by atoms with E-state index in [0.29, 0.717) is 48.0 Å². The summed E-state index contributed by atoms with van der Waals surface area (Å²) < 4.78 is 12.7. The maximum absolute atomic E-state index is 12.5. The molecule has 162 valence electrons. The number of anilines is 1. The number of amides is 1. The number of thiazole rings is 1. The molecule has 3 heterocycles. The minimum absolute atomic E-state index is 0.0972. The fraction of sp³-hybridized carbons (Fsp3) is 0.217. The zero-order chi connectivity index (χ0) is 21.9. The number of nitrogens with zero attached hydrogens (tertiary/aromatic N) is 3. The first kappa shape index (κ1) is 20.2. The largest absolute Gasteiger partial charge is 0.486 e. The summed E-state index contributed by atoms with van der Waals surface area (Å²) in [6.45, 7) is 1.49. The third-order valence-electron chi connectivity index (χ3n) is 5.12. The molecule has 0 fully saturated rings. The van der Waals surface area contributed by atoms with Crippen molar-refractivity contribution >= 4 is 33.3 Å². The predicted octanol–water partition coefficient (Wildman–Crippen LogP) is 3.71. The monoisotopic (exact) mass is 448 g/mol. The smallest absolute Gasteiger partial charge is 0.261 e. The van der Waals surface area contributed by atoms with Gasteiger partial charge in [0.05, 0.1) is 22.9 Å². The van der Waals surface area contributed by atoms with Gasteiger partial charge in [-0.25, -0.2) is 9.97 Å². The number of para-hydroxylation sites is 1. The second kappa shape index (κ2) is 8.80. The van der Waals surface area contributed by atoms with Crippen LogP contribution in [0.3, 0.4) is 0 Å². The Balaban J connectivity index is 1.18. The zero-order valence-electron chi connectivity index (χ0n) is 17.1. The van der Waals surface area contributed by atoms with Gasteiger partial charge in [0.15, 0.2) is 16.6 Å². The first-order valence-corrected chi connectivity index (χ1v) is 11.1. The number of hydrogen-bond donors (Lipinski definition) is 1. The van der Waals surface area contributed by atoms with Gasteiger partial charge >= 0.3 is 0 Å². The van der Waals surface area contributed by atoms with E-state index in [1.54, 1.807) is 10.6 Å². The van der Waals surface area contributed by atoms with Crippen molar-refractivity contribution in [2.75, 3.05) is 18.5 Å². The Morgan fingerprint density at radius 3 is 2.88 bits per heavy atom. The summed E-state index contributed by atoms with van der Waals surface area (Å²) >= 11 is 1.36. The van der Waals surface area contributed by atoms with Crippen LogP contribution in [0.1, 0.15) is 12.8 Å². The molecule has 1 aliphatic heterocycles. The lowest BCUT2D eigenvalue weighted by Crippen LogP contribution is -2.21. The lowest BCUT2D eigenvalue weighted by molar-refractivity contribution is -0.116. The van der Waals surface area contributed by atoms with E-state index in [9.17, 15) is 9.59 Å². The number of hydrogen-bond acceptors (Lipinski definition) is 7. The van der Waals surface area contributed by atoms with E-state index in [0.717, 1.165) is 17.0 Å². The van der Waals surface area contributed by atoms with Crippen LogP contribution in [0.4, 0.5) is 5.13 Å². The predicted molar refractivity (Wildman–Crippen MR) is 122 cm³/mol. The van der Waals surface area contributed by atoms with Gasteiger partial charge in [0.2, 0.25) is 5.91 Å². The molecule has 32 heavy (non-hydrogen) atoms. The van der Waals surface area contributed by atoms with Crippen LogP contribution in [0.5, 0.6) is 11.5 Å². The molecule has 4 aromatic rings. The fourth-order valence-electron chi connectivity index (χ4n) is 3.52. The summed E-state index contributed by atoms with van der Waals surface area (Å²) in [4.78, 5) is 33.7. The molecule has 8 nitrogen and oxygen atoms in total. The summed E-state index contributed by atoms with van der Waals surface area (Å²) in [5.74, 6) is 1.28. The number of ether oxygens (including phenoxy) is 2. The van der Waals surface area contributed by atoms with Crippen molar-refractivity contribution in [3.8, 4) is 22.8 Å². The maximum Gasteiger partial charge on any atom is 0.261 e. The Morgan fingerprint density at radius 1 is 1.12 bits per heavy atom. The highest BCUT2D eigenvalue weighted by atomic mass is 32.1. The Kier molecular flexibility index (Phi) is 5.55. The molecule has 9 heteroatoms.